The Morgan fingerprint density at radius 2 is 1.62 bits per heavy atom. The van der Waals surface area contributed by atoms with Crippen molar-refractivity contribution in [2.75, 3.05) is 18.6 Å². The van der Waals surface area contributed by atoms with Gasteiger partial charge in [-0.1, -0.05) is 87.0 Å². The van der Waals surface area contributed by atoms with Crippen LogP contribution in [0.2, 0.25) is 0 Å². The Kier molecular flexibility index (Phi) is 7.81. The van der Waals surface area contributed by atoms with Crippen LogP contribution in [0.3, 0.4) is 0 Å². The number of nitrogens with zero attached hydrogens (tertiary/aromatic N) is 1. The first-order chi connectivity index (χ1) is 16.5. The van der Waals surface area contributed by atoms with Crippen molar-refractivity contribution in [3.8, 4) is 11.1 Å². The quantitative estimate of drug-likeness (QED) is 0.406. The summed E-state index contributed by atoms with van der Waals surface area (Å²) in [7, 11) is 1.70. The first-order valence-electron chi connectivity index (χ1n) is 12.3. The molecule has 2 N–H and O–H groups in total. The average molecular weight is 457 g/mol. The third-order valence-corrected chi connectivity index (χ3v) is 7.15. The Balaban J connectivity index is 1.54. The number of anilines is 1. The Labute approximate surface area is 203 Å². The van der Waals surface area contributed by atoms with Crippen molar-refractivity contribution in [2.45, 2.75) is 45.3 Å². The molecule has 0 radical (unpaired) electrons. The number of hydrogen-bond donors (Lipinski definition) is 1. The van der Waals surface area contributed by atoms with Crippen LogP contribution in [0.5, 0.6) is 0 Å². The fraction of sp³-hybridized carbons (Fsp3) is 0.367. The van der Waals surface area contributed by atoms with Crippen LogP contribution in [-0.2, 0) is 16.1 Å². The average Bonchev–Trinajstić information content (AvgIpc) is 3.69. The Hall–Kier alpha value is -2.95. The van der Waals surface area contributed by atoms with Crippen molar-refractivity contribution in [1.82, 2.24) is 0 Å². The second kappa shape index (κ2) is 11.0. The van der Waals surface area contributed by atoms with Crippen molar-refractivity contribution in [1.29, 1.82) is 0 Å². The molecule has 4 rings (SSSR count). The van der Waals surface area contributed by atoms with E-state index in [0.717, 1.165) is 35.2 Å². The van der Waals surface area contributed by atoms with Crippen LogP contribution in [0.4, 0.5) is 5.69 Å². The van der Waals surface area contributed by atoms with Gasteiger partial charge in [0, 0.05) is 31.3 Å². The number of benzene rings is 3. The SMILES string of the molecule is CC[C@H](C)[C@H](N)CN(C(=O)[C@@H]1C[C@H]1c1ccccc1)c1ccc(-c2ccc(COC)cc2)cc1. The largest absolute Gasteiger partial charge is 0.380 e. The topological polar surface area (TPSA) is 55.6 Å². The lowest BCUT2D eigenvalue weighted by Gasteiger charge is -2.29. The van der Waals surface area contributed by atoms with Crippen LogP contribution in [0.1, 0.15) is 43.7 Å². The molecule has 3 aromatic carbocycles. The molecule has 0 saturated heterocycles. The van der Waals surface area contributed by atoms with Gasteiger partial charge in [-0.25, -0.2) is 0 Å². The minimum atomic E-state index is -0.0594. The molecule has 1 fully saturated rings. The third kappa shape index (κ3) is 5.57. The van der Waals surface area contributed by atoms with Crippen LogP contribution in [-0.4, -0.2) is 25.6 Å². The molecule has 0 aromatic heterocycles. The van der Waals surface area contributed by atoms with Crippen molar-refractivity contribution < 1.29 is 9.53 Å². The summed E-state index contributed by atoms with van der Waals surface area (Å²) in [6.45, 7) is 5.46. The molecule has 34 heavy (non-hydrogen) atoms. The molecule has 178 valence electrons. The molecule has 4 atom stereocenters. The molecular formula is C30H36N2O2. The molecule has 4 heteroatoms. The van der Waals surface area contributed by atoms with Crippen LogP contribution in [0.25, 0.3) is 11.1 Å². The van der Waals surface area contributed by atoms with Gasteiger partial charge in [0.15, 0.2) is 0 Å². The van der Waals surface area contributed by atoms with E-state index in [4.69, 9.17) is 10.5 Å². The van der Waals surface area contributed by atoms with E-state index in [2.05, 4.69) is 74.5 Å². The van der Waals surface area contributed by atoms with Crippen molar-refractivity contribution in [2.24, 2.45) is 17.6 Å². The highest BCUT2D eigenvalue weighted by Crippen LogP contribution is 2.49. The third-order valence-electron chi connectivity index (χ3n) is 7.15. The lowest BCUT2D eigenvalue weighted by molar-refractivity contribution is -0.120. The van der Waals surface area contributed by atoms with Crippen molar-refractivity contribution >= 4 is 11.6 Å². The molecule has 1 aliphatic carbocycles. The Morgan fingerprint density at radius 1 is 1.00 bits per heavy atom. The second-order valence-corrected chi connectivity index (χ2v) is 9.53. The fourth-order valence-electron chi connectivity index (χ4n) is 4.55. The highest BCUT2D eigenvalue weighted by Gasteiger charge is 2.46. The van der Waals surface area contributed by atoms with E-state index in [0.29, 0.717) is 25.0 Å². The van der Waals surface area contributed by atoms with E-state index in [9.17, 15) is 4.79 Å². The highest BCUT2D eigenvalue weighted by molar-refractivity contribution is 5.97. The maximum atomic E-state index is 13.6. The maximum Gasteiger partial charge on any atom is 0.230 e. The monoisotopic (exact) mass is 456 g/mol. The van der Waals surface area contributed by atoms with Gasteiger partial charge in [-0.3, -0.25) is 4.79 Å². The van der Waals surface area contributed by atoms with Crippen molar-refractivity contribution in [3.63, 3.8) is 0 Å². The zero-order valence-corrected chi connectivity index (χ0v) is 20.5. The molecule has 3 aromatic rings. The van der Waals surface area contributed by atoms with Gasteiger partial charge in [0.25, 0.3) is 0 Å². The number of ether oxygens (including phenoxy) is 1. The van der Waals surface area contributed by atoms with Crippen LogP contribution in [0.15, 0.2) is 78.9 Å². The normalized spacial score (nSPS) is 18.8. The smallest absolute Gasteiger partial charge is 0.230 e. The fourth-order valence-corrected chi connectivity index (χ4v) is 4.55. The summed E-state index contributed by atoms with van der Waals surface area (Å²) in [5.41, 5.74) is 12.1. The number of carbonyl (C=O) groups is 1. The molecule has 4 nitrogen and oxygen atoms in total. The van der Waals surface area contributed by atoms with Gasteiger partial charge >= 0.3 is 0 Å². The molecule has 0 heterocycles. The summed E-state index contributed by atoms with van der Waals surface area (Å²) in [6, 6.07) is 27.0. The van der Waals surface area contributed by atoms with Crippen molar-refractivity contribution in [3.05, 3.63) is 90.0 Å². The predicted molar refractivity (Wildman–Crippen MR) is 140 cm³/mol. The van der Waals surface area contributed by atoms with Gasteiger partial charge < -0.3 is 15.4 Å². The molecule has 0 spiro atoms. The molecule has 1 aliphatic rings. The van der Waals surface area contributed by atoms with Crippen LogP contribution in [0, 0.1) is 11.8 Å². The molecular weight excluding hydrogens is 420 g/mol. The van der Waals surface area contributed by atoms with Crippen LogP contribution >= 0.6 is 0 Å². The van der Waals surface area contributed by atoms with Gasteiger partial charge in [-0.2, -0.15) is 0 Å². The summed E-state index contributed by atoms with van der Waals surface area (Å²) in [5.74, 6) is 0.869. The number of nitrogens with two attached hydrogens (primary N) is 1. The van der Waals surface area contributed by atoms with E-state index in [1.54, 1.807) is 7.11 Å². The highest BCUT2D eigenvalue weighted by atomic mass is 16.5. The number of amides is 1. The van der Waals surface area contributed by atoms with Gasteiger partial charge in [0.05, 0.1) is 6.61 Å². The minimum Gasteiger partial charge on any atom is -0.380 e. The second-order valence-electron chi connectivity index (χ2n) is 9.53. The predicted octanol–water partition coefficient (Wildman–Crippen LogP) is 6.01. The maximum absolute atomic E-state index is 13.6. The van der Waals surface area contributed by atoms with Gasteiger partial charge in [-0.05, 0) is 52.6 Å². The molecule has 0 bridgehead atoms. The summed E-state index contributed by atoms with van der Waals surface area (Å²) in [4.78, 5) is 15.6. The molecule has 0 unspecified atom stereocenters. The number of rotatable bonds is 10. The van der Waals surface area contributed by atoms with Gasteiger partial charge in [-0.15, -0.1) is 0 Å². The summed E-state index contributed by atoms with van der Waals surface area (Å²) in [6.07, 6.45) is 1.90. The molecule has 1 saturated carbocycles. The molecule has 0 aliphatic heterocycles. The first-order valence-corrected chi connectivity index (χ1v) is 12.3. The lowest BCUT2D eigenvalue weighted by atomic mass is 9.98. The lowest BCUT2D eigenvalue weighted by Crippen LogP contribution is -2.45. The van der Waals surface area contributed by atoms with Gasteiger partial charge in [0.1, 0.15) is 0 Å². The van der Waals surface area contributed by atoms with Gasteiger partial charge in [0.2, 0.25) is 5.91 Å². The summed E-state index contributed by atoms with van der Waals surface area (Å²) in [5, 5.41) is 0. The van der Waals surface area contributed by atoms with Crippen LogP contribution < -0.4 is 10.6 Å². The first kappa shape index (κ1) is 24.2. The zero-order chi connectivity index (χ0) is 24.1. The Morgan fingerprint density at radius 3 is 2.21 bits per heavy atom. The zero-order valence-electron chi connectivity index (χ0n) is 20.5. The van der Waals surface area contributed by atoms with E-state index in [-0.39, 0.29) is 17.9 Å². The number of hydrogen-bond acceptors (Lipinski definition) is 3. The van der Waals surface area contributed by atoms with E-state index in [1.165, 1.54) is 5.56 Å². The van der Waals surface area contributed by atoms with E-state index in [1.807, 2.05) is 23.1 Å². The Bertz CT molecular complexity index is 1060. The number of methoxy groups -OCH3 is 1. The standard InChI is InChI=1S/C30H36N2O2/c1-4-21(2)29(31)19-32(30(33)28-18-27(28)25-8-6-5-7-9-25)26-16-14-24(15-17-26)23-12-10-22(11-13-23)20-34-3/h5-17,21,27-29H,4,18-20,31H2,1-3H3/t21-,27-,28+,29+/m0/s1. The summed E-state index contributed by atoms with van der Waals surface area (Å²) < 4.78 is 5.21. The molecule has 1 amide bonds. The van der Waals surface area contributed by atoms with E-state index < -0.39 is 0 Å². The summed E-state index contributed by atoms with van der Waals surface area (Å²) >= 11 is 0. The number of carbonyl (C=O) groups excluding carboxylic acids is 1. The van der Waals surface area contributed by atoms with E-state index >= 15 is 0 Å². The minimum absolute atomic E-state index is 0.0274.